The Bertz CT molecular complexity index is 549. The maximum absolute atomic E-state index is 11.1. The van der Waals surface area contributed by atoms with Crippen molar-refractivity contribution in [2.24, 2.45) is 0 Å². The minimum absolute atomic E-state index is 0.194. The number of hydrogen-bond acceptors (Lipinski definition) is 3. The number of esters is 1. The van der Waals surface area contributed by atoms with Crippen LogP contribution in [0.3, 0.4) is 0 Å². The predicted molar refractivity (Wildman–Crippen MR) is 77.6 cm³/mol. The van der Waals surface area contributed by atoms with Gasteiger partial charge in [-0.1, -0.05) is 42.5 Å². The van der Waals surface area contributed by atoms with Crippen LogP contribution in [0.25, 0.3) is 0 Å². The van der Waals surface area contributed by atoms with Gasteiger partial charge in [0.2, 0.25) is 0 Å². The molecule has 0 atom stereocenters. The molecule has 0 aliphatic heterocycles. The van der Waals surface area contributed by atoms with Gasteiger partial charge in [-0.05, 0) is 29.7 Å². The van der Waals surface area contributed by atoms with Crippen molar-refractivity contribution < 1.29 is 14.3 Å². The van der Waals surface area contributed by atoms with E-state index in [0.29, 0.717) is 19.4 Å². The Morgan fingerprint density at radius 1 is 1.00 bits per heavy atom. The fourth-order valence-corrected chi connectivity index (χ4v) is 1.88. The van der Waals surface area contributed by atoms with E-state index in [1.165, 1.54) is 7.11 Å². The Morgan fingerprint density at radius 2 is 1.75 bits per heavy atom. The second-order valence-corrected chi connectivity index (χ2v) is 4.50. The van der Waals surface area contributed by atoms with Crippen LogP contribution in [-0.4, -0.2) is 13.1 Å². The summed E-state index contributed by atoms with van der Waals surface area (Å²) in [6.45, 7) is 0.543. The van der Waals surface area contributed by atoms with Gasteiger partial charge in [-0.2, -0.15) is 0 Å². The number of ether oxygens (including phenoxy) is 2. The first kappa shape index (κ1) is 14.1. The van der Waals surface area contributed by atoms with Crippen LogP contribution in [0.4, 0.5) is 0 Å². The minimum atomic E-state index is -0.194. The van der Waals surface area contributed by atoms with E-state index < -0.39 is 0 Å². The summed E-state index contributed by atoms with van der Waals surface area (Å²) in [6, 6.07) is 17.8. The Labute approximate surface area is 119 Å². The quantitative estimate of drug-likeness (QED) is 0.755. The zero-order valence-electron chi connectivity index (χ0n) is 11.5. The van der Waals surface area contributed by atoms with Gasteiger partial charge in [0.25, 0.3) is 0 Å². The minimum Gasteiger partial charge on any atom is -0.489 e. The summed E-state index contributed by atoms with van der Waals surface area (Å²) in [5.74, 6) is 0.622. The van der Waals surface area contributed by atoms with Gasteiger partial charge in [-0.15, -0.1) is 0 Å². The molecule has 0 bridgehead atoms. The van der Waals surface area contributed by atoms with Crippen molar-refractivity contribution in [1.29, 1.82) is 0 Å². The second-order valence-electron chi connectivity index (χ2n) is 4.50. The van der Waals surface area contributed by atoms with Crippen LogP contribution < -0.4 is 4.74 Å². The van der Waals surface area contributed by atoms with E-state index in [9.17, 15) is 4.79 Å². The van der Waals surface area contributed by atoms with E-state index in [4.69, 9.17) is 4.74 Å². The molecule has 0 aromatic heterocycles. The lowest BCUT2D eigenvalue weighted by atomic mass is 10.1. The van der Waals surface area contributed by atoms with Gasteiger partial charge < -0.3 is 9.47 Å². The molecule has 2 aromatic rings. The van der Waals surface area contributed by atoms with Crippen molar-refractivity contribution >= 4 is 5.97 Å². The average Bonchev–Trinajstić information content (AvgIpc) is 2.52. The molecule has 0 saturated carbocycles. The summed E-state index contributed by atoms with van der Waals surface area (Å²) in [7, 11) is 1.40. The number of benzene rings is 2. The molecule has 3 heteroatoms. The second kappa shape index (κ2) is 7.34. The van der Waals surface area contributed by atoms with Crippen molar-refractivity contribution in [3.05, 3.63) is 65.7 Å². The van der Waals surface area contributed by atoms with Gasteiger partial charge >= 0.3 is 5.97 Å². The first-order chi connectivity index (χ1) is 9.78. The van der Waals surface area contributed by atoms with Gasteiger partial charge in [-0.25, -0.2) is 0 Å². The number of carbonyl (C=O) groups excluding carboxylic acids is 1. The summed E-state index contributed by atoms with van der Waals surface area (Å²) in [5, 5.41) is 0. The van der Waals surface area contributed by atoms with E-state index in [2.05, 4.69) is 4.74 Å². The van der Waals surface area contributed by atoms with Crippen LogP contribution in [0, 0.1) is 0 Å². The fraction of sp³-hybridized carbons (Fsp3) is 0.235. The number of rotatable bonds is 6. The lowest BCUT2D eigenvalue weighted by Crippen LogP contribution is -2.02. The molecule has 0 amide bonds. The topological polar surface area (TPSA) is 35.5 Å². The number of carbonyl (C=O) groups is 1. The largest absolute Gasteiger partial charge is 0.489 e. The molecule has 20 heavy (non-hydrogen) atoms. The molecular formula is C17H18O3. The molecule has 2 rings (SSSR count). The fourth-order valence-electron chi connectivity index (χ4n) is 1.88. The normalized spacial score (nSPS) is 10.1. The van der Waals surface area contributed by atoms with Crippen LogP contribution in [0.1, 0.15) is 17.5 Å². The molecule has 0 unspecified atom stereocenters. The summed E-state index contributed by atoms with van der Waals surface area (Å²) in [5.41, 5.74) is 2.20. The lowest BCUT2D eigenvalue weighted by molar-refractivity contribution is -0.140. The van der Waals surface area contributed by atoms with Crippen molar-refractivity contribution in [2.75, 3.05) is 7.11 Å². The highest BCUT2D eigenvalue weighted by molar-refractivity contribution is 5.69. The van der Waals surface area contributed by atoms with Crippen LogP contribution >= 0.6 is 0 Å². The highest BCUT2D eigenvalue weighted by Gasteiger charge is 2.03. The third-order valence-electron chi connectivity index (χ3n) is 2.99. The van der Waals surface area contributed by atoms with E-state index in [1.807, 2.05) is 54.6 Å². The van der Waals surface area contributed by atoms with E-state index in [0.717, 1.165) is 16.9 Å². The Morgan fingerprint density at radius 3 is 2.50 bits per heavy atom. The zero-order valence-corrected chi connectivity index (χ0v) is 11.5. The number of methoxy groups -OCH3 is 1. The first-order valence-electron chi connectivity index (χ1n) is 6.60. The summed E-state index contributed by atoms with van der Waals surface area (Å²) >= 11 is 0. The SMILES string of the molecule is COC(=O)CCc1cccc(OCc2ccccc2)c1. The van der Waals surface area contributed by atoms with E-state index in [1.54, 1.807) is 0 Å². The molecule has 0 fully saturated rings. The smallest absolute Gasteiger partial charge is 0.305 e. The van der Waals surface area contributed by atoms with Gasteiger partial charge in [0, 0.05) is 6.42 Å². The van der Waals surface area contributed by atoms with Crippen molar-refractivity contribution in [3.63, 3.8) is 0 Å². The van der Waals surface area contributed by atoms with Crippen LogP contribution in [0.2, 0.25) is 0 Å². The maximum Gasteiger partial charge on any atom is 0.305 e. The summed E-state index contributed by atoms with van der Waals surface area (Å²) in [4.78, 5) is 11.1. The predicted octanol–water partition coefficient (Wildman–Crippen LogP) is 3.37. The van der Waals surface area contributed by atoms with Gasteiger partial charge in [0.1, 0.15) is 12.4 Å². The number of aryl methyl sites for hydroxylation is 1. The van der Waals surface area contributed by atoms with Gasteiger partial charge in [-0.3, -0.25) is 4.79 Å². The lowest BCUT2D eigenvalue weighted by Gasteiger charge is -2.08. The van der Waals surface area contributed by atoms with Crippen LogP contribution in [0.15, 0.2) is 54.6 Å². The average molecular weight is 270 g/mol. The monoisotopic (exact) mass is 270 g/mol. The number of hydrogen-bond donors (Lipinski definition) is 0. The van der Waals surface area contributed by atoms with E-state index in [-0.39, 0.29) is 5.97 Å². The molecule has 0 heterocycles. The van der Waals surface area contributed by atoms with Crippen molar-refractivity contribution in [3.8, 4) is 5.75 Å². The Hall–Kier alpha value is -2.29. The first-order valence-corrected chi connectivity index (χ1v) is 6.60. The third-order valence-corrected chi connectivity index (χ3v) is 2.99. The highest BCUT2D eigenvalue weighted by atomic mass is 16.5. The third kappa shape index (κ3) is 4.43. The van der Waals surface area contributed by atoms with Crippen LogP contribution in [0.5, 0.6) is 5.75 Å². The molecule has 104 valence electrons. The zero-order chi connectivity index (χ0) is 14.2. The van der Waals surface area contributed by atoms with Crippen molar-refractivity contribution in [2.45, 2.75) is 19.4 Å². The molecule has 2 aromatic carbocycles. The molecule has 0 spiro atoms. The molecule has 0 radical (unpaired) electrons. The standard InChI is InChI=1S/C17H18O3/c1-19-17(18)11-10-14-8-5-9-16(12-14)20-13-15-6-3-2-4-7-15/h2-9,12H,10-11,13H2,1H3. The summed E-state index contributed by atoms with van der Waals surface area (Å²) < 4.78 is 10.4. The van der Waals surface area contributed by atoms with Gasteiger partial charge in [0.05, 0.1) is 7.11 Å². The van der Waals surface area contributed by atoms with Crippen LogP contribution in [-0.2, 0) is 22.6 Å². The molecule has 0 N–H and O–H groups in total. The molecule has 0 saturated heterocycles. The van der Waals surface area contributed by atoms with E-state index >= 15 is 0 Å². The molecule has 0 aliphatic carbocycles. The highest BCUT2D eigenvalue weighted by Crippen LogP contribution is 2.16. The molecule has 0 aliphatic rings. The molecule has 3 nitrogen and oxygen atoms in total. The maximum atomic E-state index is 11.1. The van der Waals surface area contributed by atoms with Crippen molar-refractivity contribution in [1.82, 2.24) is 0 Å². The Balaban J connectivity index is 1.90. The molecular weight excluding hydrogens is 252 g/mol. The Kier molecular flexibility index (Phi) is 5.18. The van der Waals surface area contributed by atoms with Gasteiger partial charge in [0.15, 0.2) is 0 Å². The summed E-state index contributed by atoms with van der Waals surface area (Å²) in [6.07, 6.45) is 1.05.